The summed E-state index contributed by atoms with van der Waals surface area (Å²) in [5.41, 5.74) is 0.300. The van der Waals surface area contributed by atoms with Crippen LogP contribution in [0.4, 0.5) is 8.78 Å². The SMILES string of the molecule is CCC(NC1COCC1O)c1ccc(F)c(Oc2ccccc2)c1F.Cl. The van der Waals surface area contributed by atoms with Gasteiger partial charge in [0.05, 0.1) is 25.4 Å². The van der Waals surface area contributed by atoms with Crippen molar-refractivity contribution in [1.82, 2.24) is 5.32 Å². The Hall–Kier alpha value is -1.73. The average Bonchev–Trinajstić information content (AvgIpc) is 3.03. The number of halogens is 3. The summed E-state index contributed by atoms with van der Waals surface area (Å²) in [6, 6.07) is 10.4. The van der Waals surface area contributed by atoms with Crippen molar-refractivity contribution in [3.63, 3.8) is 0 Å². The van der Waals surface area contributed by atoms with Crippen LogP contribution in [-0.2, 0) is 4.74 Å². The van der Waals surface area contributed by atoms with Gasteiger partial charge in [-0.05, 0) is 24.6 Å². The van der Waals surface area contributed by atoms with Gasteiger partial charge < -0.3 is 19.9 Å². The Morgan fingerprint density at radius 2 is 1.92 bits per heavy atom. The van der Waals surface area contributed by atoms with Gasteiger partial charge in [0.15, 0.2) is 17.4 Å². The Kier molecular flexibility index (Phi) is 7.34. The van der Waals surface area contributed by atoms with Crippen molar-refractivity contribution >= 4 is 12.4 Å². The zero-order chi connectivity index (χ0) is 17.8. The molecular formula is C19H22ClF2NO3. The van der Waals surface area contributed by atoms with E-state index in [1.54, 1.807) is 30.3 Å². The zero-order valence-corrected chi connectivity index (χ0v) is 15.1. The molecule has 1 aliphatic heterocycles. The number of aliphatic hydroxyl groups is 1. The van der Waals surface area contributed by atoms with Crippen LogP contribution in [0, 0.1) is 11.6 Å². The highest BCUT2D eigenvalue weighted by Crippen LogP contribution is 2.33. The third kappa shape index (κ3) is 4.51. The first-order chi connectivity index (χ1) is 12.1. The van der Waals surface area contributed by atoms with Crippen LogP contribution in [0.1, 0.15) is 24.9 Å². The monoisotopic (exact) mass is 385 g/mol. The predicted molar refractivity (Wildman–Crippen MR) is 96.9 cm³/mol. The summed E-state index contributed by atoms with van der Waals surface area (Å²) in [6.45, 7) is 2.50. The first-order valence-electron chi connectivity index (χ1n) is 8.32. The van der Waals surface area contributed by atoms with Gasteiger partial charge in [-0.1, -0.05) is 31.2 Å². The van der Waals surface area contributed by atoms with Crippen LogP contribution in [0.2, 0.25) is 0 Å². The van der Waals surface area contributed by atoms with Gasteiger partial charge in [0.25, 0.3) is 0 Å². The lowest BCUT2D eigenvalue weighted by atomic mass is 10.0. The van der Waals surface area contributed by atoms with E-state index in [0.717, 1.165) is 0 Å². The molecule has 1 heterocycles. The van der Waals surface area contributed by atoms with E-state index < -0.39 is 23.5 Å². The Labute approximate surface area is 157 Å². The van der Waals surface area contributed by atoms with E-state index in [2.05, 4.69) is 5.32 Å². The van der Waals surface area contributed by atoms with E-state index in [1.165, 1.54) is 12.1 Å². The number of nitrogens with one attached hydrogen (secondary N) is 1. The molecule has 0 aliphatic carbocycles. The topological polar surface area (TPSA) is 50.7 Å². The molecule has 2 N–H and O–H groups in total. The second-order valence-electron chi connectivity index (χ2n) is 6.03. The van der Waals surface area contributed by atoms with Crippen molar-refractivity contribution in [1.29, 1.82) is 0 Å². The van der Waals surface area contributed by atoms with Crippen molar-refractivity contribution in [2.45, 2.75) is 31.5 Å². The molecular weight excluding hydrogens is 364 g/mol. The predicted octanol–water partition coefficient (Wildman–Crippen LogP) is 3.98. The molecule has 3 rings (SSSR count). The van der Waals surface area contributed by atoms with Gasteiger partial charge in [-0.3, -0.25) is 0 Å². The number of hydrogen-bond acceptors (Lipinski definition) is 4. The maximum absolute atomic E-state index is 14.9. The van der Waals surface area contributed by atoms with Gasteiger partial charge >= 0.3 is 0 Å². The second kappa shape index (κ2) is 9.28. The first-order valence-corrected chi connectivity index (χ1v) is 8.32. The molecule has 1 aliphatic rings. The summed E-state index contributed by atoms with van der Waals surface area (Å²) in [4.78, 5) is 0. The van der Waals surface area contributed by atoms with Crippen LogP contribution in [0.3, 0.4) is 0 Å². The molecule has 1 saturated heterocycles. The second-order valence-corrected chi connectivity index (χ2v) is 6.03. The lowest BCUT2D eigenvalue weighted by Gasteiger charge is -2.24. The smallest absolute Gasteiger partial charge is 0.198 e. The molecule has 142 valence electrons. The number of benzene rings is 2. The summed E-state index contributed by atoms with van der Waals surface area (Å²) in [6.07, 6.45) is -0.0751. The van der Waals surface area contributed by atoms with Gasteiger partial charge in [0.2, 0.25) is 0 Å². The van der Waals surface area contributed by atoms with E-state index >= 15 is 0 Å². The normalized spacial score (nSPS) is 20.5. The number of para-hydroxylation sites is 1. The Balaban J connectivity index is 0.00000243. The summed E-state index contributed by atoms with van der Waals surface area (Å²) in [5.74, 6) is -1.56. The maximum Gasteiger partial charge on any atom is 0.198 e. The highest BCUT2D eigenvalue weighted by atomic mass is 35.5. The van der Waals surface area contributed by atoms with Crippen molar-refractivity contribution in [3.8, 4) is 11.5 Å². The van der Waals surface area contributed by atoms with Crippen molar-refractivity contribution in [2.75, 3.05) is 13.2 Å². The summed E-state index contributed by atoms with van der Waals surface area (Å²) in [7, 11) is 0. The molecule has 0 radical (unpaired) electrons. The number of ether oxygens (including phenoxy) is 2. The van der Waals surface area contributed by atoms with E-state index in [1.807, 2.05) is 6.92 Å². The molecule has 0 bridgehead atoms. The minimum atomic E-state index is -0.760. The fraction of sp³-hybridized carbons (Fsp3) is 0.368. The van der Waals surface area contributed by atoms with Gasteiger partial charge in [0.1, 0.15) is 5.75 Å². The summed E-state index contributed by atoms with van der Waals surface area (Å²) >= 11 is 0. The number of rotatable bonds is 6. The third-order valence-corrected chi connectivity index (χ3v) is 4.29. The molecule has 0 aromatic heterocycles. The fourth-order valence-corrected chi connectivity index (χ4v) is 2.90. The minimum absolute atomic E-state index is 0. The lowest BCUT2D eigenvalue weighted by Crippen LogP contribution is -2.41. The van der Waals surface area contributed by atoms with E-state index in [0.29, 0.717) is 24.3 Å². The largest absolute Gasteiger partial charge is 0.451 e. The standard InChI is InChI=1S/C19H21F2NO3.ClH/c1-2-15(22-16-10-24-11-17(16)23)13-8-9-14(20)19(18(13)21)25-12-6-4-3-5-7-12;/h3-9,15-17,22-23H,2,10-11H2,1H3;1H. The summed E-state index contributed by atoms with van der Waals surface area (Å²) < 4.78 is 39.7. The minimum Gasteiger partial charge on any atom is -0.451 e. The van der Waals surface area contributed by atoms with Crippen LogP contribution < -0.4 is 10.1 Å². The molecule has 1 fully saturated rings. The average molecular weight is 386 g/mol. The highest BCUT2D eigenvalue weighted by Gasteiger charge is 2.30. The third-order valence-electron chi connectivity index (χ3n) is 4.29. The number of aliphatic hydroxyl groups excluding tert-OH is 1. The molecule has 26 heavy (non-hydrogen) atoms. The molecule has 3 atom stereocenters. The van der Waals surface area contributed by atoms with Gasteiger partial charge in [0, 0.05) is 11.6 Å². The molecule has 0 spiro atoms. The molecule has 2 aromatic carbocycles. The molecule has 0 amide bonds. The van der Waals surface area contributed by atoms with E-state index in [-0.39, 0.29) is 31.1 Å². The Morgan fingerprint density at radius 3 is 2.54 bits per heavy atom. The quantitative estimate of drug-likeness (QED) is 0.789. The van der Waals surface area contributed by atoms with Crippen LogP contribution in [0.15, 0.2) is 42.5 Å². The van der Waals surface area contributed by atoms with Crippen LogP contribution in [0.5, 0.6) is 11.5 Å². The zero-order valence-electron chi connectivity index (χ0n) is 14.3. The molecule has 4 nitrogen and oxygen atoms in total. The van der Waals surface area contributed by atoms with Crippen LogP contribution in [0.25, 0.3) is 0 Å². The number of hydrogen-bond donors (Lipinski definition) is 2. The van der Waals surface area contributed by atoms with E-state index in [4.69, 9.17) is 9.47 Å². The van der Waals surface area contributed by atoms with Crippen LogP contribution in [-0.4, -0.2) is 30.5 Å². The fourth-order valence-electron chi connectivity index (χ4n) is 2.90. The Morgan fingerprint density at radius 1 is 1.19 bits per heavy atom. The van der Waals surface area contributed by atoms with Crippen molar-refractivity contribution < 1.29 is 23.4 Å². The maximum atomic E-state index is 14.9. The Bertz CT molecular complexity index is 717. The van der Waals surface area contributed by atoms with Gasteiger partial charge in [-0.15, -0.1) is 12.4 Å². The molecule has 7 heteroatoms. The first kappa shape index (κ1) is 20.6. The van der Waals surface area contributed by atoms with E-state index in [9.17, 15) is 13.9 Å². The molecule has 0 saturated carbocycles. The highest BCUT2D eigenvalue weighted by molar-refractivity contribution is 5.85. The van der Waals surface area contributed by atoms with Crippen molar-refractivity contribution in [2.24, 2.45) is 0 Å². The lowest BCUT2D eigenvalue weighted by molar-refractivity contribution is 0.121. The van der Waals surface area contributed by atoms with Crippen LogP contribution >= 0.6 is 12.4 Å². The summed E-state index contributed by atoms with van der Waals surface area (Å²) in [5, 5.41) is 13.1. The molecule has 2 aromatic rings. The molecule has 3 unspecified atom stereocenters. The van der Waals surface area contributed by atoms with Gasteiger partial charge in [-0.25, -0.2) is 8.78 Å². The van der Waals surface area contributed by atoms with Gasteiger partial charge in [-0.2, -0.15) is 0 Å². The van der Waals surface area contributed by atoms with Crippen molar-refractivity contribution in [3.05, 3.63) is 59.7 Å².